The van der Waals surface area contributed by atoms with Gasteiger partial charge in [0.25, 0.3) is 0 Å². The monoisotopic (exact) mass is 404 g/mol. The van der Waals surface area contributed by atoms with Gasteiger partial charge in [0.05, 0.1) is 5.41 Å². The van der Waals surface area contributed by atoms with Gasteiger partial charge in [-0.15, -0.1) is 0 Å². The second kappa shape index (κ2) is 10.4. The van der Waals surface area contributed by atoms with Gasteiger partial charge in [-0.3, -0.25) is 4.79 Å². The number of carbonyl (C=O) groups is 1. The third kappa shape index (κ3) is 7.91. The number of aromatic hydroxyl groups is 2. The molecule has 0 unspecified atom stereocenters. The topological polar surface area (TPSA) is 77.8 Å². The summed E-state index contributed by atoms with van der Waals surface area (Å²) in [5.41, 5.74) is 1.98. The van der Waals surface area contributed by atoms with E-state index in [1.54, 1.807) is 6.07 Å². The zero-order valence-electron chi connectivity index (χ0n) is 18.6. The lowest BCUT2D eigenvalue weighted by molar-refractivity contribution is -0.143. The Hall–Kier alpha value is -1.71. The maximum atomic E-state index is 11.2. The van der Waals surface area contributed by atoms with Crippen LogP contribution in [0.15, 0.2) is 12.1 Å². The highest BCUT2D eigenvalue weighted by atomic mass is 16.4. The number of unbranched alkanes of at least 4 members (excludes halogenated alkanes) is 5. The summed E-state index contributed by atoms with van der Waals surface area (Å²) in [6.45, 7) is 6.83. The molecule has 0 bridgehead atoms. The lowest BCUT2D eigenvalue weighted by atomic mass is 9.89. The standard InChI is InChI=1S/C25H40O4/c1-24(2,3)13-9-5-4-8-12-21-19(17-20(26)18-22(21)27)11-7-6-10-14-25(15-16-25)23(28)29/h17-18,26-27H,4-16H2,1-3H3,(H,28,29). The van der Waals surface area contributed by atoms with Gasteiger partial charge < -0.3 is 15.3 Å². The number of carboxylic acids is 1. The van der Waals surface area contributed by atoms with E-state index in [1.165, 1.54) is 25.3 Å². The Morgan fingerprint density at radius 2 is 1.55 bits per heavy atom. The van der Waals surface area contributed by atoms with Crippen molar-refractivity contribution < 1.29 is 20.1 Å². The van der Waals surface area contributed by atoms with Gasteiger partial charge in [0.2, 0.25) is 0 Å². The van der Waals surface area contributed by atoms with Gasteiger partial charge in [0, 0.05) is 6.07 Å². The number of aryl methyl sites for hydroxylation is 1. The fourth-order valence-electron chi connectivity index (χ4n) is 4.20. The molecule has 1 saturated carbocycles. The first-order valence-corrected chi connectivity index (χ1v) is 11.4. The Morgan fingerprint density at radius 1 is 0.931 bits per heavy atom. The summed E-state index contributed by atoms with van der Waals surface area (Å²) in [7, 11) is 0. The molecule has 1 aliphatic carbocycles. The van der Waals surface area contributed by atoms with Crippen molar-refractivity contribution in [3.8, 4) is 11.5 Å². The van der Waals surface area contributed by atoms with Crippen molar-refractivity contribution in [2.24, 2.45) is 10.8 Å². The van der Waals surface area contributed by atoms with E-state index in [0.717, 1.165) is 75.3 Å². The highest BCUT2D eigenvalue weighted by Crippen LogP contribution is 2.50. The van der Waals surface area contributed by atoms with E-state index in [-0.39, 0.29) is 11.5 Å². The molecular weight excluding hydrogens is 364 g/mol. The van der Waals surface area contributed by atoms with Crippen molar-refractivity contribution in [2.45, 2.75) is 104 Å². The first-order valence-electron chi connectivity index (χ1n) is 11.4. The van der Waals surface area contributed by atoms with Gasteiger partial charge >= 0.3 is 5.97 Å². The van der Waals surface area contributed by atoms with E-state index < -0.39 is 11.4 Å². The normalized spacial score (nSPS) is 15.4. The third-order valence-corrected chi connectivity index (χ3v) is 6.32. The van der Waals surface area contributed by atoms with Gasteiger partial charge in [-0.1, -0.05) is 52.9 Å². The molecule has 0 atom stereocenters. The van der Waals surface area contributed by atoms with Crippen molar-refractivity contribution >= 4 is 5.97 Å². The minimum atomic E-state index is -0.639. The molecule has 1 fully saturated rings. The van der Waals surface area contributed by atoms with Gasteiger partial charge in [-0.25, -0.2) is 0 Å². The quantitative estimate of drug-likeness (QED) is 0.323. The van der Waals surface area contributed by atoms with Crippen molar-refractivity contribution in [1.82, 2.24) is 0 Å². The summed E-state index contributed by atoms with van der Waals surface area (Å²) in [6, 6.07) is 3.23. The Kier molecular flexibility index (Phi) is 8.42. The first kappa shape index (κ1) is 23.6. The average molecular weight is 405 g/mol. The second-order valence-corrected chi connectivity index (χ2v) is 10.2. The smallest absolute Gasteiger partial charge is 0.309 e. The fraction of sp³-hybridized carbons (Fsp3) is 0.720. The molecule has 0 spiro atoms. The van der Waals surface area contributed by atoms with Crippen LogP contribution < -0.4 is 0 Å². The van der Waals surface area contributed by atoms with Crippen LogP contribution in [0.2, 0.25) is 0 Å². The van der Waals surface area contributed by atoms with E-state index >= 15 is 0 Å². The summed E-state index contributed by atoms with van der Waals surface area (Å²) in [4.78, 5) is 11.2. The summed E-state index contributed by atoms with van der Waals surface area (Å²) in [5.74, 6) is -0.313. The number of phenols is 2. The maximum Gasteiger partial charge on any atom is 0.309 e. The van der Waals surface area contributed by atoms with E-state index in [1.807, 2.05) is 0 Å². The van der Waals surface area contributed by atoms with Crippen LogP contribution in [0.3, 0.4) is 0 Å². The van der Waals surface area contributed by atoms with Crippen LogP contribution in [-0.2, 0) is 17.6 Å². The Morgan fingerprint density at radius 3 is 2.17 bits per heavy atom. The van der Waals surface area contributed by atoms with Crippen molar-refractivity contribution in [2.75, 3.05) is 0 Å². The van der Waals surface area contributed by atoms with Gasteiger partial charge in [0.15, 0.2) is 0 Å². The lowest BCUT2D eigenvalue weighted by Gasteiger charge is -2.17. The average Bonchev–Trinajstić information content (AvgIpc) is 3.39. The Bertz CT molecular complexity index is 668. The van der Waals surface area contributed by atoms with E-state index in [2.05, 4.69) is 20.8 Å². The summed E-state index contributed by atoms with van der Waals surface area (Å²) in [6.07, 6.45) is 12.9. The van der Waals surface area contributed by atoms with E-state index in [0.29, 0.717) is 5.41 Å². The summed E-state index contributed by atoms with van der Waals surface area (Å²) in [5, 5.41) is 29.5. The Labute approximate surface area is 176 Å². The maximum absolute atomic E-state index is 11.2. The fourth-order valence-corrected chi connectivity index (χ4v) is 4.20. The molecule has 3 N–H and O–H groups in total. The van der Waals surface area contributed by atoms with Gasteiger partial charge in [0.1, 0.15) is 11.5 Å². The highest BCUT2D eigenvalue weighted by molar-refractivity contribution is 5.77. The SMILES string of the molecule is CC(C)(C)CCCCCCc1c(O)cc(O)cc1CCCCCC1(C(=O)O)CC1. The van der Waals surface area contributed by atoms with E-state index in [9.17, 15) is 20.1 Å². The molecule has 2 rings (SSSR count). The molecule has 0 aromatic heterocycles. The van der Waals surface area contributed by atoms with Crippen molar-refractivity contribution in [3.63, 3.8) is 0 Å². The molecule has 0 heterocycles. The molecule has 0 aliphatic heterocycles. The second-order valence-electron chi connectivity index (χ2n) is 10.2. The number of hydrogen-bond donors (Lipinski definition) is 3. The van der Waals surface area contributed by atoms with Crippen LogP contribution in [-0.4, -0.2) is 21.3 Å². The zero-order valence-corrected chi connectivity index (χ0v) is 18.6. The highest BCUT2D eigenvalue weighted by Gasteiger charge is 2.49. The number of aliphatic carboxylic acids is 1. The third-order valence-electron chi connectivity index (χ3n) is 6.32. The number of benzene rings is 1. The van der Waals surface area contributed by atoms with Crippen LogP contribution in [0.5, 0.6) is 11.5 Å². The number of carboxylic acid groups (broad SMARTS) is 1. The van der Waals surface area contributed by atoms with Crippen LogP contribution in [0.4, 0.5) is 0 Å². The number of phenolic OH excluding ortho intramolecular Hbond substituents is 2. The van der Waals surface area contributed by atoms with Crippen molar-refractivity contribution in [3.05, 3.63) is 23.3 Å². The first-order chi connectivity index (χ1) is 13.6. The molecule has 4 nitrogen and oxygen atoms in total. The van der Waals surface area contributed by atoms with Crippen LogP contribution >= 0.6 is 0 Å². The van der Waals surface area contributed by atoms with E-state index in [4.69, 9.17) is 0 Å². The zero-order chi connectivity index (χ0) is 21.5. The molecule has 4 heteroatoms. The number of rotatable bonds is 13. The summed E-state index contributed by atoms with van der Waals surface area (Å²) < 4.78 is 0. The Balaban J connectivity index is 1.76. The molecule has 1 aromatic carbocycles. The minimum Gasteiger partial charge on any atom is -0.508 e. The predicted octanol–water partition coefficient (Wildman–Crippen LogP) is 6.60. The van der Waals surface area contributed by atoms with Crippen LogP contribution in [0.25, 0.3) is 0 Å². The molecule has 164 valence electrons. The van der Waals surface area contributed by atoms with Gasteiger partial charge in [-0.05, 0) is 74.0 Å². The predicted molar refractivity (Wildman–Crippen MR) is 117 cm³/mol. The largest absolute Gasteiger partial charge is 0.508 e. The molecule has 1 aromatic rings. The molecule has 0 amide bonds. The van der Waals surface area contributed by atoms with Crippen molar-refractivity contribution in [1.29, 1.82) is 0 Å². The summed E-state index contributed by atoms with van der Waals surface area (Å²) >= 11 is 0. The van der Waals surface area contributed by atoms with Gasteiger partial charge in [-0.2, -0.15) is 0 Å². The molecule has 1 aliphatic rings. The molecular formula is C25H40O4. The minimum absolute atomic E-state index is 0.120. The molecule has 0 saturated heterocycles. The number of hydrogen-bond acceptors (Lipinski definition) is 3. The van der Waals surface area contributed by atoms with Crippen LogP contribution in [0, 0.1) is 10.8 Å². The molecule has 0 radical (unpaired) electrons. The lowest BCUT2D eigenvalue weighted by Crippen LogP contribution is -2.14. The molecule has 29 heavy (non-hydrogen) atoms. The van der Waals surface area contributed by atoms with Crippen LogP contribution in [0.1, 0.15) is 103 Å².